The van der Waals surface area contributed by atoms with E-state index >= 15 is 0 Å². The molecule has 0 bridgehead atoms. The molecular weight excluding hydrogens is 350 g/mol. The van der Waals surface area contributed by atoms with Gasteiger partial charge in [-0.25, -0.2) is 8.78 Å². The maximum atomic E-state index is 13.4. The first-order chi connectivity index (χ1) is 12.9. The lowest BCUT2D eigenvalue weighted by atomic mass is 9.85. The van der Waals surface area contributed by atoms with Crippen LogP contribution in [-0.4, -0.2) is 42.6 Å². The van der Waals surface area contributed by atoms with Crippen molar-refractivity contribution in [2.45, 2.75) is 5.60 Å². The number of benzene rings is 2. The summed E-state index contributed by atoms with van der Waals surface area (Å²) in [5, 5.41) is 14.8. The molecule has 1 aliphatic carbocycles. The van der Waals surface area contributed by atoms with Gasteiger partial charge in [-0.15, -0.1) is 0 Å². The van der Waals surface area contributed by atoms with Crippen molar-refractivity contribution in [3.63, 3.8) is 0 Å². The number of aliphatic hydroxyl groups is 1. The molecule has 2 unspecified atom stereocenters. The van der Waals surface area contributed by atoms with Gasteiger partial charge in [0.2, 0.25) is 0 Å². The Hall–Kier alpha value is -2.31. The summed E-state index contributed by atoms with van der Waals surface area (Å²) in [4.78, 5) is 14.8. The molecule has 1 saturated heterocycles. The second-order valence-corrected chi connectivity index (χ2v) is 7.56. The largest absolute Gasteiger partial charge is 0.372 e. The lowest BCUT2D eigenvalue weighted by molar-refractivity contribution is -0.147. The topological polar surface area (TPSA) is 52.6 Å². The van der Waals surface area contributed by atoms with Crippen LogP contribution in [0.3, 0.4) is 0 Å². The van der Waals surface area contributed by atoms with Crippen molar-refractivity contribution in [3.8, 4) is 0 Å². The third-order valence-electron chi connectivity index (χ3n) is 5.93. The van der Waals surface area contributed by atoms with Gasteiger partial charge in [0, 0.05) is 13.6 Å². The molecule has 1 heterocycles. The minimum absolute atomic E-state index is 0.255. The number of hydrogen-bond acceptors (Lipinski definition) is 3. The highest BCUT2D eigenvalue weighted by Gasteiger charge is 2.54. The number of piperidine rings is 1. The molecule has 2 N–H and O–H groups in total. The standard InChI is InChI=1S/C21H22F2N2O2/c1-25(12-19-17-10-24-11-18(17)19)20(26)21(27,13-2-6-15(22)7-3-13)14-4-8-16(23)9-5-14/h2-9,17-19,24,27H,10-12H2,1H3. The van der Waals surface area contributed by atoms with E-state index in [-0.39, 0.29) is 11.1 Å². The number of amides is 1. The summed E-state index contributed by atoms with van der Waals surface area (Å²) < 4.78 is 26.7. The number of fused-ring (bicyclic) bond motifs is 1. The number of halogens is 2. The Balaban J connectivity index is 1.65. The van der Waals surface area contributed by atoms with Crippen LogP contribution in [0.1, 0.15) is 11.1 Å². The first-order valence-electron chi connectivity index (χ1n) is 9.12. The van der Waals surface area contributed by atoms with Gasteiger partial charge in [-0.1, -0.05) is 24.3 Å². The van der Waals surface area contributed by atoms with Crippen molar-refractivity contribution in [2.75, 3.05) is 26.7 Å². The zero-order valence-electron chi connectivity index (χ0n) is 15.0. The Morgan fingerprint density at radius 1 is 1.04 bits per heavy atom. The Labute approximate surface area is 156 Å². The van der Waals surface area contributed by atoms with Crippen molar-refractivity contribution in [2.24, 2.45) is 17.8 Å². The molecule has 2 atom stereocenters. The second kappa shape index (κ2) is 6.69. The zero-order valence-corrected chi connectivity index (χ0v) is 15.0. The van der Waals surface area contributed by atoms with Gasteiger partial charge in [0.1, 0.15) is 11.6 Å². The fourth-order valence-electron chi connectivity index (χ4n) is 4.29. The van der Waals surface area contributed by atoms with E-state index < -0.39 is 23.1 Å². The van der Waals surface area contributed by atoms with Crippen LogP contribution in [0.15, 0.2) is 48.5 Å². The lowest BCUT2D eigenvalue weighted by Crippen LogP contribution is -2.47. The summed E-state index contributed by atoms with van der Waals surface area (Å²) >= 11 is 0. The molecule has 142 valence electrons. The molecule has 1 amide bonds. The molecule has 1 aliphatic heterocycles. The number of nitrogens with one attached hydrogen (secondary N) is 1. The van der Waals surface area contributed by atoms with Gasteiger partial charge in [0.05, 0.1) is 0 Å². The molecule has 4 nitrogen and oxygen atoms in total. The monoisotopic (exact) mass is 372 g/mol. The van der Waals surface area contributed by atoms with Crippen molar-refractivity contribution < 1.29 is 18.7 Å². The number of carbonyl (C=O) groups is 1. The van der Waals surface area contributed by atoms with E-state index in [1.807, 2.05) is 0 Å². The average molecular weight is 372 g/mol. The van der Waals surface area contributed by atoms with Gasteiger partial charge in [-0.3, -0.25) is 4.79 Å². The molecule has 0 spiro atoms. The number of hydrogen-bond donors (Lipinski definition) is 2. The number of carbonyl (C=O) groups excluding carboxylic acids is 1. The van der Waals surface area contributed by atoms with Crippen LogP contribution in [0.5, 0.6) is 0 Å². The van der Waals surface area contributed by atoms with E-state index in [4.69, 9.17) is 0 Å². The Bertz CT molecular complexity index is 783. The zero-order chi connectivity index (χ0) is 19.2. The van der Waals surface area contributed by atoms with Crippen LogP contribution in [0.2, 0.25) is 0 Å². The van der Waals surface area contributed by atoms with Gasteiger partial charge in [0.15, 0.2) is 5.60 Å². The van der Waals surface area contributed by atoms with Gasteiger partial charge in [-0.2, -0.15) is 0 Å². The van der Waals surface area contributed by atoms with Gasteiger partial charge in [-0.05, 0) is 66.2 Å². The Kier molecular flexibility index (Phi) is 4.48. The van der Waals surface area contributed by atoms with E-state index in [1.54, 1.807) is 7.05 Å². The number of likely N-dealkylation sites (N-methyl/N-ethyl adjacent to an activating group) is 1. The molecule has 2 aromatic rings. The smallest absolute Gasteiger partial charge is 0.263 e. The fraction of sp³-hybridized carbons (Fsp3) is 0.381. The summed E-state index contributed by atoms with van der Waals surface area (Å²) in [5.41, 5.74) is -1.49. The molecule has 2 aliphatic rings. The fourth-order valence-corrected chi connectivity index (χ4v) is 4.29. The lowest BCUT2D eigenvalue weighted by Gasteiger charge is -2.32. The van der Waals surface area contributed by atoms with Crippen molar-refractivity contribution in [3.05, 3.63) is 71.3 Å². The molecule has 0 aromatic heterocycles. The van der Waals surface area contributed by atoms with Gasteiger partial charge in [0.25, 0.3) is 5.91 Å². The van der Waals surface area contributed by atoms with Crippen molar-refractivity contribution >= 4 is 5.91 Å². The highest BCUT2D eigenvalue weighted by Crippen LogP contribution is 2.49. The normalized spacial score (nSPS) is 23.8. The van der Waals surface area contributed by atoms with E-state index in [1.165, 1.54) is 53.4 Å². The highest BCUT2D eigenvalue weighted by atomic mass is 19.1. The SMILES string of the molecule is CN(CC1C2CNCC21)C(=O)C(O)(c1ccc(F)cc1)c1ccc(F)cc1. The maximum Gasteiger partial charge on any atom is 0.263 e. The molecule has 0 radical (unpaired) electrons. The van der Waals surface area contributed by atoms with Crippen LogP contribution in [0, 0.1) is 29.4 Å². The van der Waals surface area contributed by atoms with Gasteiger partial charge >= 0.3 is 0 Å². The van der Waals surface area contributed by atoms with Crippen LogP contribution in [-0.2, 0) is 10.4 Å². The molecule has 2 aromatic carbocycles. The van der Waals surface area contributed by atoms with E-state index in [2.05, 4.69) is 5.32 Å². The van der Waals surface area contributed by atoms with Gasteiger partial charge < -0.3 is 15.3 Å². The molecule has 4 rings (SSSR count). The van der Waals surface area contributed by atoms with Crippen LogP contribution in [0.4, 0.5) is 8.78 Å². The Morgan fingerprint density at radius 3 is 1.93 bits per heavy atom. The number of rotatable bonds is 5. The van der Waals surface area contributed by atoms with Crippen LogP contribution >= 0.6 is 0 Å². The summed E-state index contributed by atoms with van der Waals surface area (Å²) in [5.74, 6) is 0.193. The third kappa shape index (κ3) is 3.13. The third-order valence-corrected chi connectivity index (χ3v) is 5.93. The van der Waals surface area contributed by atoms with Crippen molar-refractivity contribution in [1.82, 2.24) is 10.2 Å². The molecular formula is C21H22F2N2O2. The average Bonchev–Trinajstić information content (AvgIpc) is 3.08. The minimum Gasteiger partial charge on any atom is -0.372 e. The first-order valence-corrected chi connectivity index (χ1v) is 9.12. The highest BCUT2D eigenvalue weighted by molar-refractivity contribution is 5.90. The van der Waals surface area contributed by atoms with E-state index in [0.717, 1.165) is 13.1 Å². The predicted molar refractivity (Wildman–Crippen MR) is 96.8 cm³/mol. The maximum absolute atomic E-state index is 13.4. The van der Waals surface area contributed by atoms with Crippen LogP contribution in [0.25, 0.3) is 0 Å². The summed E-state index contributed by atoms with van der Waals surface area (Å²) in [6.45, 7) is 2.50. The van der Waals surface area contributed by atoms with E-state index in [9.17, 15) is 18.7 Å². The summed E-state index contributed by atoms with van der Waals surface area (Å²) in [7, 11) is 1.67. The molecule has 6 heteroatoms. The van der Waals surface area contributed by atoms with Crippen molar-refractivity contribution in [1.29, 1.82) is 0 Å². The summed E-state index contributed by atoms with van der Waals surface area (Å²) in [6, 6.07) is 10.4. The predicted octanol–water partition coefficient (Wildman–Crippen LogP) is 2.12. The Morgan fingerprint density at radius 2 is 1.48 bits per heavy atom. The molecule has 1 saturated carbocycles. The molecule has 2 fully saturated rings. The number of nitrogens with zero attached hydrogens (tertiary/aromatic N) is 1. The van der Waals surface area contributed by atoms with E-state index in [0.29, 0.717) is 24.3 Å². The second-order valence-electron chi connectivity index (χ2n) is 7.56. The quantitative estimate of drug-likeness (QED) is 0.846. The minimum atomic E-state index is -2.00. The van der Waals surface area contributed by atoms with Crippen LogP contribution < -0.4 is 5.32 Å². The first kappa shape index (κ1) is 18.1. The summed E-state index contributed by atoms with van der Waals surface area (Å²) in [6.07, 6.45) is 0. The molecule has 27 heavy (non-hydrogen) atoms.